The summed E-state index contributed by atoms with van der Waals surface area (Å²) < 4.78 is 16.8. The highest BCUT2D eigenvalue weighted by atomic mass is 35.5. The van der Waals surface area contributed by atoms with Gasteiger partial charge in [0.25, 0.3) is 5.91 Å². The summed E-state index contributed by atoms with van der Waals surface area (Å²) in [6.07, 6.45) is 1.46. The largest absolute Gasteiger partial charge is 0.490 e. The molecule has 0 unspecified atom stereocenters. The van der Waals surface area contributed by atoms with E-state index >= 15 is 0 Å². The quantitative estimate of drug-likeness (QED) is 0.186. The molecule has 0 radical (unpaired) electrons. The van der Waals surface area contributed by atoms with Crippen LogP contribution in [0.25, 0.3) is 0 Å². The number of hydrazone groups is 1. The molecule has 8 heteroatoms. The van der Waals surface area contributed by atoms with E-state index in [0.717, 1.165) is 16.7 Å². The van der Waals surface area contributed by atoms with Gasteiger partial charge in [0.1, 0.15) is 5.75 Å². The van der Waals surface area contributed by atoms with Gasteiger partial charge in [0.05, 0.1) is 23.4 Å². The second-order valence-corrected chi connectivity index (χ2v) is 8.15. The Balaban J connectivity index is 1.63. The molecule has 0 aliphatic rings. The van der Waals surface area contributed by atoms with Crippen molar-refractivity contribution in [1.82, 2.24) is 5.43 Å². The lowest BCUT2D eigenvalue weighted by Gasteiger charge is -2.13. The average Bonchev–Trinajstić information content (AvgIpc) is 2.83. The fraction of sp³-hybridized carbons (Fsp3) is 0.222. The third kappa shape index (κ3) is 6.83. The lowest BCUT2D eigenvalue weighted by atomic mass is 10.1. The highest BCUT2D eigenvalue weighted by molar-refractivity contribution is 6.33. The van der Waals surface area contributed by atoms with Crippen LogP contribution in [0.4, 0.5) is 0 Å². The van der Waals surface area contributed by atoms with Crippen LogP contribution in [0.1, 0.15) is 39.5 Å². The monoisotopic (exact) mass is 494 g/mol. The van der Waals surface area contributed by atoms with E-state index in [2.05, 4.69) is 10.5 Å². The predicted octanol–water partition coefficient (Wildman–Crippen LogP) is 5.41. The van der Waals surface area contributed by atoms with E-state index in [0.29, 0.717) is 28.7 Å². The molecule has 1 amide bonds. The normalized spacial score (nSPS) is 10.8. The summed E-state index contributed by atoms with van der Waals surface area (Å²) in [5, 5.41) is 4.28. The van der Waals surface area contributed by atoms with Gasteiger partial charge >= 0.3 is 5.97 Å². The topological polar surface area (TPSA) is 86.2 Å². The van der Waals surface area contributed by atoms with Crippen molar-refractivity contribution in [2.24, 2.45) is 5.10 Å². The minimum absolute atomic E-state index is 0.163. The molecular weight excluding hydrogens is 468 g/mol. The predicted molar refractivity (Wildman–Crippen MR) is 136 cm³/mol. The maximum absolute atomic E-state index is 12.5. The van der Waals surface area contributed by atoms with E-state index in [1.165, 1.54) is 6.21 Å². The van der Waals surface area contributed by atoms with E-state index < -0.39 is 11.9 Å². The zero-order chi connectivity index (χ0) is 25.4. The molecule has 3 aromatic rings. The van der Waals surface area contributed by atoms with Gasteiger partial charge in [-0.2, -0.15) is 5.10 Å². The Kier molecular flexibility index (Phi) is 8.86. The molecule has 35 heavy (non-hydrogen) atoms. The molecule has 0 atom stereocenters. The third-order valence-electron chi connectivity index (χ3n) is 5.19. The Morgan fingerprint density at radius 3 is 2.46 bits per heavy atom. The Labute approximate surface area is 209 Å². The smallest absolute Gasteiger partial charge is 0.345 e. The Morgan fingerprint density at radius 2 is 1.71 bits per heavy atom. The fourth-order valence-corrected chi connectivity index (χ4v) is 3.45. The zero-order valence-electron chi connectivity index (χ0n) is 20.1. The Hall–Kier alpha value is -3.84. The number of hydrogen-bond donors (Lipinski definition) is 1. The molecule has 0 aliphatic carbocycles. The van der Waals surface area contributed by atoms with Gasteiger partial charge in [-0.25, -0.2) is 10.2 Å². The van der Waals surface area contributed by atoms with Crippen LogP contribution in [-0.4, -0.2) is 31.3 Å². The first-order chi connectivity index (χ1) is 16.8. The van der Waals surface area contributed by atoms with E-state index in [1.807, 2.05) is 39.8 Å². The molecule has 7 nitrogen and oxygen atoms in total. The summed E-state index contributed by atoms with van der Waals surface area (Å²) in [7, 11) is 0. The lowest BCUT2D eigenvalue weighted by Crippen LogP contribution is -2.25. The number of aryl methyl sites for hydroxylation is 2. The summed E-state index contributed by atoms with van der Waals surface area (Å²) in [5.41, 5.74) is 6.39. The average molecular weight is 495 g/mol. The molecule has 0 fully saturated rings. The standard InChI is InChI=1S/C27H27ClN2O5/c1-5-33-24-14-20(12-13-23(24)35-27(32)21-8-6-7-9-22(21)28)15-29-30-25(31)16-34-26-18(3)11-10-17(2)19(26)4/h6-15H,5,16H2,1-4H3,(H,30,31)/b29-15-. The molecule has 0 saturated heterocycles. The number of carbonyl (C=O) groups is 2. The van der Waals surface area contributed by atoms with Crippen LogP contribution in [0.3, 0.4) is 0 Å². The molecule has 0 aliphatic heterocycles. The summed E-state index contributed by atoms with van der Waals surface area (Å²) in [5.74, 6) is 0.320. The molecule has 0 heterocycles. The van der Waals surface area contributed by atoms with Gasteiger partial charge in [-0.05, 0) is 80.3 Å². The molecule has 3 rings (SSSR count). The molecule has 1 N–H and O–H groups in total. The van der Waals surface area contributed by atoms with Gasteiger partial charge in [-0.3, -0.25) is 4.79 Å². The second kappa shape index (κ2) is 12.0. The van der Waals surface area contributed by atoms with Gasteiger partial charge in [0.2, 0.25) is 0 Å². The van der Waals surface area contributed by atoms with Gasteiger partial charge in [-0.1, -0.05) is 35.9 Å². The van der Waals surface area contributed by atoms with E-state index in [9.17, 15) is 9.59 Å². The van der Waals surface area contributed by atoms with Crippen molar-refractivity contribution in [3.05, 3.63) is 87.4 Å². The molecular formula is C27H27ClN2O5. The molecule has 0 bridgehead atoms. The van der Waals surface area contributed by atoms with E-state index in [-0.39, 0.29) is 17.9 Å². The van der Waals surface area contributed by atoms with Crippen molar-refractivity contribution in [2.45, 2.75) is 27.7 Å². The number of nitrogens with one attached hydrogen (secondary N) is 1. The minimum Gasteiger partial charge on any atom is -0.490 e. The van der Waals surface area contributed by atoms with Crippen molar-refractivity contribution in [3.63, 3.8) is 0 Å². The van der Waals surface area contributed by atoms with Crippen molar-refractivity contribution in [1.29, 1.82) is 0 Å². The number of esters is 1. The van der Waals surface area contributed by atoms with E-state index in [4.69, 9.17) is 25.8 Å². The third-order valence-corrected chi connectivity index (χ3v) is 5.52. The number of hydrogen-bond acceptors (Lipinski definition) is 6. The van der Waals surface area contributed by atoms with Crippen molar-refractivity contribution < 1.29 is 23.8 Å². The zero-order valence-corrected chi connectivity index (χ0v) is 20.8. The van der Waals surface area contributed by atoms with Crippen molar-refractivity contribution in [2.75, 3.05) is 13.2 Å². The molecule has 3 aromatic carbocycles. The number of nitrogens with zero attached hydrogens (tertiary/aromatic N) is 1. The second-order valence-electron chi connectivity index (χ2n) is 7.74. The number of carbonyl (C=O) groups excluding carboxylic acids is 2. The van der Waals surface area contributed by atoms with Crippen molar-refractivity contribution in [3.8, 4) is 17.2 Å². The van der Waals surface area contributed by atoms with Crippen LogP contribution in [0.2, 0.25) is 5.02 Å². The molecule has 0 spiro atoms. The van der Waals surface area contributed by atoms with Crippen LogP contribution in [0, 0.1) is 20.8 Å². The van der Waals surface area contributed by atoms with Crippen LogP contribution >= 0.6 is 11.6 Å². The maximum atomic E-state index is 12.5. The van der Waals surface area contributed by atoms with Gasteiger partial charge in [-0.15, -0.1) is 0 Å². The first-order valence-corrected chi connectivity index (χ1v) is 11.4. The summed E-state index contributed by atoms with van der Waals surface area (Å²) in [4.78, 5) is 24.7. The fourth-order valence-electron chi connectivity index (χ4n) is 3.24. The van der Waals surface area contributed by atoms with Gasteiger partial charge in [0.15, 0.2) is 18.1 Å². The molecule has 0 aromatic heterocycles. The highest BCUT2D eigenvalue weighted by Gasteiger charge is 2.15. The lowest BCUT2D eigenvalue weighted by molar-refractivity contribution is -0.123. The number of rotatable bonds is 9. The first-order valence-electron chi connectivity index (χ1n) is 11.0. The van der Waals surface area contributed by atoms with Crippen LogP contribution in [0.15, 0.2) is 59.7 Å². The van der Waals surface area contributed by atoms with Crippen molar-refractivity contribution >= 4 is 29.7 Å². The first kappa shape index (κ1) is 25.8. The van der Waals surface area contributed by atoms with Crippen LogP contribution in [-0.2, 0) is 4.79 Å². The molecule has 182 valence electrons. The molecule has 0 saturated carbocycles. The van der Waals surface area contributed by atoms with Crippen LogP contribution in [0.5, 0.6) is 17.2 Å². The number of amides is 1. The van der Waals surface area contributed by atoms with Gasteiger partial charge in [0, 0.05) is 0 Å². The van der Waals surface area contributed by atoms with E-state index in [1.54, 1.807) is 42.5 Å². The summed E-state index contributed by atoms with van der Waals surface area (Å²) in [6, 6.07) is 15.5. The number of benzene rings is 3. The number of halogens is 1. The highest BCUT2D eigenvalue weighted by Crippen LogP contribution is 2.30. The maximum Gasteiger partial charge on any atom is 0.345 e. The SMILES string of the molecule is CCOc1cc(/C=N\NC(=O)COc2c(C)ccc(C)c2C)ccc1OC(=O)c1ccccc1Cl. The summed E-state index contributed by atoms with van der Waals surface area (Å²) in [6.45, 7) is 7.90. The minimum atomic E-state index is -0.593. The summed E-state index contributed by atoms with van der Waals surface area (Å²) >= 11 is 6.08. The Bertz CT molecular complexity index is 1260. The number of ether oxygens (including phenoxy) is 3. The van der Waals surface area contributed by atoms with Gasteiger partial charge < -0.3 is 14.2 Å². The van der Waals surface area contributed by atoms with Crippen LogP contribution < -0.4 is 19.6 Å². The Morgan fingerprint density at radius 1 is 0.971 bits per heavy atom.